The summed E-state index contributed by atoms with van der Waals surface area (Å²) >= 11 is -3.33. The van der Waals surface area contributed by atoms with E-state index in [9.17, 15) is 21.6 Å². The number of halogens is 4. The highest BCUT2D eigenvalue weighted by molar-refractivity contribution is 7.87. The largest absolute Gasteiger partial charge is 0.526 e. The summed E-state index contributed by atoms with van der Waals surface area (Å²) in [4.78, 5) is 0. The Morgan fingerprint density at radius 3 is 1.81 bits per heavy atom. The minimum atomic E-state index is -5.69. The van der Waals surface area contributed by atoms with Gasteiger partial charge in [-0.05, 0) is 59.7 Å². The van der Waals surface area contributed by atoms with Crippen LogP contribution in [0.3, 0.4) is 0 Å². The van der Waals surface area contributed by atoms with Crippen LogP contribution >= 0.6 is 0 Å². The van der Waals surface area contributed by atoms with Gasteiger partial charge in [0.25, 0.3) is 0 Å². The summed E-state index contributed by atoms with van der Waals surface area (Å²) < 4.78 is 72.6. The van der Waals surface area contributed by atoms with E-state index < -0.39 is 41.5 Å². The van der Waals surface area contributed by atoms with Gasteiger partial charge < -0.3 is 4.74 Å². The summed E-state index contributed by atoms with van der Waals surface area (Å²) in [5.41, 5.74) is -5.90. The van der Waals surface area contributed by atoms with Gasteiger partial charge in [-0.1, -0.05) is 18.2 Å². The van der Waals surface area contributed by atoms with Crippen LogP contribution in [0.1, 0.15) is 20.8 Å². The molecule has 0 bridgehead atoms. The third kappa shape index (κ3) is 5.58. The van der Waals surface area contributed by atoms with Crippen molar-refractivity contribution in [3.8, 4) is 5.75 Å². The van der Waals surface area contributed by atoms with Crippen LogP contribution in [0.15, 0.2) is 54.6 Å². The van der Waals surface area contributed by atoms with Crippen molar-refractivity contribution in [2.45, 2.75) is 31.9 Å². The van der Waals surface area contributed by atoms with Crippen LogP contribution in [-0.4, -0.2) is 19.5 Å². The Hall–Kier alpha value is -1.33. The van der Waals surface area contributed by atoms with E-state index in [0.717, 1.165) is 0 Å². The van der Waals surface area contributed by atoms with Gasteiger partial charge in [0.1, 0.15) is 11.4 Å². The fraction of sp³-hybridized carbons (Fsp3) is 0.294. The van der Waals surface area contributed by atoms with E-state index in [4.69, 9.17) is 4.74 Å². The molecule has 26 heavy (non-hydrogen) atoms. The van der Waals surface area contributed by atoms with Crippen molar-refractivity contribution in [3.63, 3.8) is 0 Å². The second-order valence-electron chi connectivity index (χ2n) is 6.18. The van der Waals surface area contributed by atoms with Crippen molar-refractivity contribution in [1.29, 1.82) is 0 Å². The van der Waals surface area contributed by atoms with E-state index in [1.165, 1.54) is 0 Å². The van der Waals surface area contributed by atoms with Crippen molar-refractivity contribution >= 4 is 10.1 Å². The van der Waals surface area contributed by atoms with Crippen molar-refractivity contribution in [2.75, 3.05) is 0 Å². The van der Waals surface area contributed by atoms with Gasteiger partial charge in [-0.3, -0.25) is 0 Å². The number of benzene rings is 2. The minimum Gasteiger partial charge on any atom is -0.488 e. The lowest BCUT2D eigenvalue weighted by molar-refractivity contribution is -1.03. The van der Waals surface area contributed by atoms with E-state index in [-0.39, 0.29) is 0 Å². The van der Waals surface area contributed by atoms with Crippen LogP contribution in [0, 0.1) is 7.14 Å². The summed E-state index contributed by atoms with van der Waals surface area (Å²) in [7, 11) is -5.69. The first-order chi connectivity index (χ1) is 11.9. The zero-order chi connectivity index (χ0) is 19.6. The smallest absolute Gasteiger partial charge is 0.488 e. The summed E-state index contributed by atoms with van der Waals surface area (Å²) in [5, 5.41) is 0. The number of rotatable bonds is 5. The summed E-state index contributed by atoms with van der Waals surface area (Å²) in [6, 6.07) is 14.4. The quantitative estimate of drug-likeness (QED) is 0.458. The van der Waals surface area contributed by atoms with Gasteiger partial charge in [-0.25, -0.2) is 0 Å². The standard InChI is InChI=1S/C17H18F3IO4S/c1-16(2,3)24-15-11-9-14(10-12-15)21(13-7-5-4-6-8-13)25-26(22,23)17(18,19)20/h4-12H,1-3H3/q+1. The molecule has 0 N–H and O–H groups in total. The lowest BCUT2D eigenvalue weighted by Crippen LogP contribution is -3.85. The zero-order valence-electron chi connectivity index (χ0n) is 14.2. The lowest BCUT2D eigenvalue weighted by Gasteiger charge is -2.21. The first-order valence-corrected chi connectivity index (χ1v) is 11.9. The summed E-state index contributed by atoms with van der Waals surface area (Å²) in [5.74, 6) is 0.531. The van der Waals surface area contributed by atoms with Crippen molar-refractivity contribution in [3.05, 3.63) is 61.7 Å². The molecule has 0 amide bonds. The van der Waals surface area contributed by atoms with Crippen LogP contribution in [0.2, 0.25) is 0 Å². The molecule has 0 heterocycles. The molecule has 0 aliphatic rings. The molecule has 0 aromatic heterocycles. The first-order valence-electron chi connectivity index (χ1n) is 7.44. The third-order valence-corrected chi connectivity index (χ3v) is 9.86. The van der Waals surface area contributed by atoms with Crippen molar-refractivity contribution in [1.82, 2.24) is 0 Å². The fourth-order valence-corrected chi connectivity index (χ4v) is 8.28. The average Bonchev–Trinajstić information content (AvgIpc) is 2.52. The Morgan fingerprint density at radius 1 is 0.846 bits per heavy atom. The van der Waals surface area contributed by atoms with E-state index in [1.807, 2.05) is 20.8 Å². The molecule has 2 aromatic rings. The predicted octanol–water partition coefficient (Wildman–Crippen LogP) is 1.31. The normalized spacial score (nSPS) is 13.0. The molecule has 1 radical (unpaired) electrons. The molecule has 0 saturated carbocycles. The van der Waals surface area contributed by atoms with Crippen LogP contribution in [0.4, 0.5) is 13.2 Å². The van der Waals surface area contributed by atoms with Crippen LogP contribution < -0.4 is 25.0 Å². The molecule has 0 atom stereocenters. The fourth-order valence-electron chi connectivity index (χ4n) is 1.82. The minimum absolute atomic E-state index is 0.412. The molecule has 9 heteroatoms. The maximum atomic E-state index is 12.8. The number of hydrogen-bond donors (Lipinski definition) is 0. The highest BCUT2D eigenvalue weighted by Gasteiger charge is 2.54. The van der Waals surface area contributed by atoms with E-state index in [2.05, 4.69) is 2.51 Å². The number of hydrogen-bond acceptors (Lipinski definition) is 4. The average molecular weight is 502 g/mol. The molecule has 2 aromatic carbocycles. The highest BCUT2D eigenvalue weighted by atomic mass is 127. The Balaban J connectivity index is 2.39. The van der Waals surface area contributed by atoms with Gasteiger partial charge in [0, 0.05) is 0 Å². The Kier molecular flexibility index (Phi) is 6.24. The molecule has 0 saturated heterocycles. The van der Waals surface area contributed by atoms with Gasteiger partial charge in [0.05, 0.1) is 0 Å². The molecule has 0 fully saturated rings. The molecule has 4 nitrogen and oxygen atoms in total. The molecule has 0 aliphatic carbocycles. The van der Waals surface area contributed by atoms with Gasteiger partial charge in [-0.15, -0.1) is 0 Å². The van der Waals surface area contributed by atoms with Gasteiger partial charge in [0.15, 0.2) is 7.14 Å². The summed E-state index contributed by atoms with van der Waals surface area (Å²) in [6.45, 7) is 5.59. The lowest BCUT2D eigenvalue weighted by atomic mass is 10.2. The predicted molar refractivity (Wildman–Crippen MR) is 86.7 cm³/mol. The van der Waals surface area contributed by atoms with Gasteiger partial charge in [-0.2, -0.15) is 21.6 Å². The van der Waals surface area contributed by atoms with Crippen LogP contribution in [-0.2, 0) is 12.6 Å². The number of alkyl halides is 3. The maximum Gasteiger partial charge on any atom is 0.526 e. The Morgan fingerprint density at radius 2 is 1.35 bits per heavy atom. The first kappa shape index (κ1) is 21.0. The molecule has 143 valence electrons. The van der Waals surface area contributed by atoms with Crippen LogP contribution in [0.25, 0.3) is 0 Å². The highest BCUT2D eigenvalue weighted by Crippen LogP contribution is 2.22. The second-order valence-corrected chi connectivity index (χ2v) is 12.7. The second kappa shape index (κ2) is 7.73. The molecule has 0 unspecified atom stereocenters. The maximum absolute atomic E-state index is 12.8. The van der Waals surface area contributed by atoms with E-state index >= 15 is 0 Å². The summed E-state index contributed by atoms with van der Waals surface area (Å²) in [6.07, 6.45) is 0. The molecule has 2 rings (SSSR count). The van der Waals surface area contributed by atoms with Crippen molar-refractivity contribution in [2.24, 2.45) is 0 Å². The third-order valence-electron chi connectivity index (χ3n) is 2.80. The molecular formula is C17H18F3IO4S+. The van der Waals surface area contributed by atoms with Gasteiger partial charge >= 0.3 is 35.9 Å². The number of ether oxygens (including phenoxy) is 1. The van der Waals surface area contributed by atoms with Gasteiger partial charge in [0.2, 0.25) is 0 Å². The monoisotopic (exact) mass is 502 g/mol. The van der Waals surface area contributed by atoms with E-state index in [1.54, 1.807) is 54.6 Å². The zero-order valence-corrected chi connectivity index (χ0v) is 17.2. The Labute approximate surface area is 158 Å². The Bertz CT molecular complexity index is 829. The SMILES string of the molecule is CC(C)(C)Oc1ccc([I+](OS(=O)(=O)C(F)(F)F)c2ccccc2)cc1. The molecule has 0 aliphatic heterocycles. The van der Waals surface area contributed by atoms with Crippen LogP contribution in [0.5, 0.6) is 5.75 Å². The van der Waals surface area contributed by atoms with E-state index in [0.29, 0.717) is 12.9 Å². The van der Waals surface area contributed by atoms with Crippen molar-refractivity contribution < 1.29 is 49.1 Å². The topological polar surface area (TPSA) is 52.6 Å². The molecule has 0 spiro atoms. The molecular weight excluding hydrogens is 484 g/mol.